The fourth-order valence-electron chi connectivity index (χ4n) is 2.57. The number of rotatable bonds is 1. The normalized spacial score (nSPS) is 20.1. The topological polar surface area (TPSA) is 12.2 Å². The Morgan fingerprint density at radius 2 is 1.48 bits per heavy atom. The molecule has 0 saturated carbocycles. The number of nitrogens with zero attached hydrogens (tertiary/aromatic N) is 1. The zero-order valence-corrected chi connectivity index (χ0v) is 14.4. The molecule has 1 atom stereocenters. The molecule has 0 amide bonds. The van der Waals surface area contributed by atoms with Gasteiger partial charge in [0.15, 0.2) is 5.71 Å². The number of benzene rings is 1. The Morgan fingerprint density at radius 1 is 0.905 bits per heavy atom. The number of ether oxygens (including phenoxy) is 1. The summed E-state index contributed by atoms with van der Waals surface area (Å²) in [6.45, 7) is 15.5. The van der Waals surface area contributed by atoms with Gasteiger partial charge in [0.05, 0.1) is 0 Å². The fraction of sp³-hybridized carbons (Fsp3) is 0.526. The van der Waals surface area contributed by atoms with Gasteiger partial charge in [0.25, 0.3) is 6.23 Å². The summed E-state index contributed by atoms with van der Waals surface area (Å²) in [5, 5.41) is 0. The fourth-order valence-corrected chi connectivity index (χ4v) is 2.57. The monoisotopic (exact) mass is 286 g/mol. The van der Waals surface area contributed by atoms with Crippen molar-refractivity contribution < 1.29 is 9.31 Å². The molecule has 1 aromatic carbocycles. The molecule has 21 heavy (non-hydrogen) atoms. The van der Waals surface area contributed by atoms with Crippen LogP contribution in [-0.2, 0) is 4.74 Å². The molecule has 2 heteroatoms. The zero-order valence-electron chi connectivity index (χ0n) is 14.4. The van der Waals surface area contributed by atoms with E-state index in [9.17, 15) is 0 Å². The lowest BCUT2D eigenvalue weighted by molar-refractivity contribution is -0.540. The van der Waals surface area contributed by atoms with Crippen LogP contribution in [0.2, 0.25) is 0 Å². The molecule has 1 aliphatic rings. The SMILES string of the molecule is CC1OC(C(C)(C)C)=CC(C(C)(C)C)=[N+]1c1ccccc1. The second-order valence-electron chi connectivity index (χ2n) is 7.82. The van der Waals surface area contributed by atoms with Crippen LogP contribution in [0.25, 0.3) is 0 Å². The predicted molar refractivity (Wildman–Crippen MR) is 88.9 cm³/mol. The van der Waals surface area contributed by atoms with Crippen molar-refractivity contribution in [2.24, 2.45) is 10.8 Å². The van der Waals surface area contributed by atoms with Crippen LogP contribution in [0, 0.1) is 10.8 Å². The van der Waals surface area contributed by atoms with E-state index in [0.717, 1.165) is 5.76 Å². The number of allylic oxidation sites excluding steroid dienone is 2. The van der Waals surface area contributed by atoms with E-state index in [1.165, 1.54) is 11.4 Å². The van der Waals surface area contributed by atoms with Gasteiger partial charge in [0.2, 0.25) is 5.69 Å². The minimum Gasteiger partial charge on any atom is -0.437 e. The Balaban J connectivity index is 2.66. The van der Waals surface area contributed by atoms with E-state index in [1.807, 2.05) is 6.07 Å². The molecule has 1 unspecified atom stereocenters. The van der Waals surface area contributed by atoms with Crippen molar-refractivity contribution >= 4 is 11.4 Å². The third-order valence-corrected chi connectivity index (χ3v) is 3.73. The van der Waals surface area contributed by atoms with Gasteiger partial charge in [-0.2, -0.15) is 4.58 Å². The molecule has 2 nitrogen and oxygen atoms in total. The van der Waals surface area contributed by atoms with Gasteiger partial charge in [-0.25, -0.2) is 0 Å². The first-order valence-electron chi connectivity index (χ1n) is 7.71. The van der Waals surface area contributed by atoms with Crippen molar-refractivity contribution in [2.45, 2.75) is 54.7 Å². The molecule has 0 bridgehead atoms. The van der Waals surface area contributed by atoms with E-state index >= 15 is 0 Å². The highest BCUT2D eigenvalue weighted by Crippen LogP contribution is 2.35. The first-order valence-corrected chi connectivity index (χ1v) is 7.71. The van der Waals surface area contributed by atoms with Crippen LogP contribution < -0.4 is 0 Å². The van der Waals surface area contributed by atoms with Crippen LogP contribution in [0.4, 0.5) is 5.69 Å². The average molecular weight is 286 g/mol. The summed E-state index contributed by atoms with van der Waals surface area (Å²) in [7, 11) is 0. The van der Waals surface area contributed by atoms with E-state index < -0.39 is 0 Å². The summed E-state index contributed by atoms with van der Waals surface area (Å²) in [5.41, 5.74) is 2.56. The van der Waals surface area contributed by atoms with Crippen LogP contribution in [0.3, 0.4) is 0 Å². The van der Waals surface area contributed by atoms with Gasteiger partial charge in [-0.3, -0.25) is 0 Å². The largest absolute Gasteiger partial charge is 0.437 e. The van der Waals surface area contributed by atoms with E-state index in [2.05, 4.69) is 83.4 Å². The Morgan fingerprint density at radius 3 is 1.95 bits per heavy atom. The molecule has 1 heterocycles. The minimum absolute atomic E-state index is 0.000787. The van der Waals surface area contributed by atoms with Crippen molar-refractivity contribution in [1.29, 1.82) is 0 Å². The maximum absolute atomic E-state index is 6.21. The second-order valence-corrected chi connectivity index (χ2v) is 7.82. The van der Waals surface area contributed by atoms with Gasteiger partial charge < -0.3 is 4.74 Å². The summed E-state index contributed by atoms with van der Waals surface area (Å²) in [6.07, 6.45) is 2.23. The second kappa shape index (κ2) is 5.32. The van der Waals surface area contributed by atoms with Crippen LogP contribution in [-0.4, -0.2) is 16.5 Å². The van der Waals surface area contributed by atoms with E-state index in [-0.39, 0.29) is 17.1 Å². The summed E-state index contributed by atoms with van der Waals surface area (Å²) in [5.74, 6) is 1.06. The smallest absolute Gasteiger partial charge is 0.299 e. The van der Waals surface area contributed by atoms with Gasteiger partial charge in [-0.1, -0.05) is 59.7 Å². The summed E-state index contributed by atoms with van der Waals surface area (Å²) in [4.78, 5) is 0. The van der Waals surface area contributed by atoms with Crippen LogP contribution in [0.1, 0.15) is 48.5 Å². The Hall–Kier alpha value is -1.57. The lowest BCUT2D eigenvalue weighted by Crippen LogP contribution is -2.39. The molecule has 0 aromatic heterocycles. The van der Waals surface area contributed by atoms with Crippen molar-refractivity contribution in [3.05, 3.63) is 42.2 Å². The number of hydrogen-bond donors (Lipinski definition) is 0. The molecule has 114 valence electrons. The maximum atomic E-state index is 6.21. The van der Waals surface area contributed by atoms with E-state index in [1.54, 1.807) is 0 Å². The molecule has 0 fully saturated rings. The van der Waals surface area contributed by atoms with Gasteiger partial charge in [0.1, 0.15) is 5.76 Å². The molecule has 0 saturated heterocycles. The molecule has 0 aliphatic carbocycles. The van der Waals surface area contributed by atoms with Crippen molar-refractivity contribution in [1.82, 2.24) is 0 Å². The third-order valence-electron chi connectivity index (χ3n) is 3.73. The predicted octanol–water partition coefficient (Wildman–Crippen LogP) is 5.12. The van der Waals surface area contributed by atoms with Gasteiger partial charge in [0, 0.05) is 36.0 Å². The van der Waals surface area contributed by atoms with Crippen molar-refractivity contribution in [3.8, 4) is 0 Å². The van der Waals surface area contributed by atoms with Gasteiger partial charge in [-0.15, -0.1) is 0 Å². The molecule has 0 N–H and O–H groups in total. The highest BCUT2D eigenvalue weighted by molar-refractivity contribution is 5.96. The minimum atomic E-state index is 0.000787. The summed E-state index contributed by atoms with van der Waals surface area (Å²) >= 11 is 0. The molecule has 1 aliphatic heterocycles. The summed E-state index contributed by atoms with van der Waals surface area (Å²) in [6, 6.07) is 10.5. The van der Waals surface area contributed by atoms with E-state index in [0.29, 0.717) is 0 Å². The van der Waals surface area contributed by atoms with Crippen LogP contribution in [0.5, 0.6) is 0 Å². The average Bonchev–Trinajstić information content (AvgIpc) is 2.36. The quantitative estimate of drug-likeness (QED) is 0.652. The maximum Gasteiger partial charge on any atom is 0.299 e. The highest BCUT2D eigenvalue weighted by Gasteiger charge is 2.39. The number of para-hydroxylation sites is 1. The molecule has 1 aromatic rings. The van der Waals surface area contributed by atoms with Crippen LogP contribution in [0.15, 0.2) is 42.2 Å². The lowest BCUT2D eigenvalue weighted by Gasteiger charge is -2.32. The van der Waals surface area contributed by atoms with Crippen molar-refractivity contribution in [2.75, 3.05) is 0 Å². The molecule has 2 rings (SSSR count). The molecule has 0 radical (unpaired) electrons. The lowest BCUT2D eigenvalue weighted by atomic mass is 9.84. The van der Waals surface area contributed by atoms with Gasteiger partial charge in [-0.05, 0) is 0 Å². The molecular formula is C19H28NO+. The number of hydrogen-bond acceptors (Lipinski definition) is 1. The van der Waals surface area contributed by atoms with Gasteiger partial charge >= 0.3 is 0 Å². The Kier molecular flexibility index (Phi) is 4.01. The zero-order chi connectivity index (χ0) is 15.8. The highest BCUT2D eigenvalue weighted by atomic mass is 16.5. The molecule has 0 spiro atoms. The first-order chi connectivity index (χ1) is 9.60. The van der Waals surface area contributed by atoms with Crippen LogP contribution >= 0.6 is 0 Å². The first kappa shape index (κ1) is 15.8. The standard InChI is InChI=1S/C19H28NO/c1-14-20(15-11-9-8-10-12-15)16(18(2,3)4)13-17(21-14)19(5,6)7/h8-14H,1-7H3/q+1. The van der Waals surface area contributed by atoms with Crippen molar-refractivity contribution in [3.63, 3.8) is 0 Å². The summed E-state index contributed by atoms with van der Waals surface area (Å²) < 4.78 is 8.51. The van der Waals surface area contributed by atoms with E-state index in [4.69, 9.17) is 4.74 Å². The third kappa shape index (κ3) is 3.37. The Bertz CT molecular complexity index is 568. The molecular weight excluding hydrogens is 258 g/mol. The Labute approximate surface area is 129 Å².